The van der Waals surface area contributed by atoms with Gasteiger partial charge < -0.3 is 4.90 Å². The lowest BCUT2D eigenvalue weighted by Crippen LogP contribution is -2.40. The van der Waals surface area contributed by atoms with Gasteiger partial charge in [-0.05, 0) is 17.5 Å². The van der Waals surface area contributed by atoms with Crippen LogP contribution in [0.3, 0.4) is 0 Å². The van der Waals surface area contributed by atoms with Crippen LogP contribution < -0.4 is 0 Å². The van der Waals surface area contributed by atoms with Gasteiger partial charge in [0.25, 0.3) is 5.91 Å². The van der Waals surface area contributed by atoms with E-state index in [0.29, 0.717) is 5.69 Å². The number of hydrogen-bond donors (Lipinski definition) is 0. The van der Waals surface area contributed by atoms with Gasteiger partial charge in [0.2, 0.25) is 0 Å². The fourth-order valence-electron chi connectivity index (χ4n) is 1.44. The maximum Gasteiger partial charge on any atom is 0.406 e. The minimum atomic E-state index is -4.42. The van der Waals surface area contributed by atoms with Crippen LogP contribution in [0.2, 0.25) is 0 Å². The molecule has 1 rings (SSSR count). The smallest absolute Gasteiger partial charge is 0.328 e. The van der Waals surface area contributed by atoms with Crippen molar-refractivity contribution in [3.05, 3.63) is 10.6 Å². The molecule has 0 unspecified atom stereocenters. The number of rotatable bonds is 5. The fourth-order valence-corrected chi connectivity index (χ4v) is 2.65. The Morgan fingerprint density at radius 2 is 2.11 bits per heavy atom. The predicted octanol–water partition coefficient (Wildman–Crippen LogP) is 3.06. The van der Waals surface area contributed by atoms with Gasteiger partial charge in [0.15, 0.2) is 0 Å². The molecule has 0 aliphatic rings. The third-order valence-corrected chi connectivity index (χ3v) is 3.35. The maximum atomic E-state index is 12.5. The highest BCUT2D eigenvalue weighted by Gasteiger charge is 2.34. The van der Waals surface area contributed by atoms with Crippen molar-refractivity contribution in [1.29, 1.82) is 0 Å². The van der Waals surface area contributed by atoms with Gasteiger partial charge in [-0.25, -0.2) is 0 Å². The Hall–Kier alpha value is -0.700. The molecule has 4 nitrogen and oxygen atoms in total. The highest BCUT2D eigenvalue weighted by Crippen LogP contribution is 2.24. The molecule has 1 amide bonds. The first-order valence-electron chi connectivity index (χ1n) is 5.50. The van der Waals surface area contributed by atoms with E-state index in [2.05, 4.69) is 25.5 Å². The van der Waals surface area contributed by atoms with Crippen molar-refractivity contribution in [2.75, 3.05) is 18.4 Å². The van der Waals surface area contributed by atoms with Crippen molar-refractivity contribution >= 4 is 33.4 Å². The summed E-state index contributed by atoms with van der Waals surface area (Å²) in [5.74, 6) is -0.732. The van der Waals surface area contributed by atoms with Gasteiger partial charge in [-0.2, -0.15) is 13.2 Å². The number of carbonyl (C=O) groups is 1. The normalized spacial score (nSPS) is 11.9. The van der Waals surface area contributed by atoms with Crippen molar-refractivity contribution in [3.63, 3.8) is 0 Å². The summed E-state index contributed by atoms with van der Waals surface area (Å²) in [6, 6.07) is 0. The number of hydrogen-bond acceptors (Lipinski definition) is 4. The number of carbonyl (C=O) groups excluding carboxylic acids is 1. The fraction of sp³-hybridized carbons (Fsp3) is 0.700. The molecule has 1 aromatic heterocycles. The van der Waals surface area contributed by atoms with E-state index in [1.807, 2.05) is 13.8 Å². The minimum absolute atomic E-state index is 0.0201. The van der Waals surface area contributed by atoms with Crippen LogP contribution in [-0.2, 0) is 0 Å². The monoisotopic (exact) mass is 359 g/mol. The lowest BCUT2D eigenvalue weighted by molar-refractivity contribution is -0.140. The topological polar surface area (TPSA) is 46.1 Å². The van der Waals surface area contributed by atoms with Crippen molar-refractivity contribution in [3.8, 4) is 0 Å². The Kier molecular flexibility index (Phi) is 5.72. The minimum Gasteiger partial charge on any atom is -0.328 e. The summed E-state index contributed by atoms with van der Waals surface area (Å²) in [7, 11) is 0. The molecule has 1 heterocycles. The second-order valence-electron chi connectivity index (χ2n) is 4.17. The molecule has 19 heavy (non-hydrogen) atoms. The van der Waals surface area contributed by atoms with Crippen LogP contribution >= 0.6 is 27.5 Å². The first-order valence-corrected chi connectivity index (χ1v) is 7.40. The molecule has 0 N–H and O–H groups in total. The van der Waals surface area contributed by atoms with Crippen LogP contribution in [0.1, 0.15) is 35.1 Å². The Labute approximate surface area is 121 Å². The third kappa shape index (κ3) is 4.72. The molecule has 0 aliphatic heterocycles. The van der Waals surface area contributed by atoms with E-state index in [9.17, 15) is 18.0 Å². The van der Waals surface area contributed by atoms with E-state index >= 15 is 0 Å². The SMILES string of the molecule is CC(C)c1nnsc1C(=O)N(CCBr)CC(F)(F)F. The Morgan fingerprint density at radius 1 is 1.47 bits per heavy atom. The lowest BCUT2D eigenvalue weighted by atomic mass is 10.1. The molecular formula is C10H13BrF3N3OS. The second kappa shape index (κ2) is 6.65. The average molecular weight is 360 g/mol. The van der Waals surface area contributed by atoms with Crippen molar-refractivity contribution in [1.82, 2.24) is 14.5 Å². The highest BCUT2D eigenvalue weighted by molar-refractivity contribution is 9.09. The third-order valence-electron chi connectivity index (χ3n) is 2.27. The quantitative estimate of drug-likeness (QED) is 0.759. The van der Waals surface area contributed by atoms with Gasteiger partial charge in [-0.1, -0.05) is 34.3 Å². The van der Waals surface area contributed by atoms with Crippen molar-refractivity contribution < 1.29 is 18.0 Å². The predicted molar refractivity (Wildman–Crippen MR) is 69.8 cm³/mol. The summed E-state index contributed by atoms with van der Waals surface area (Å²) in [6.07, 6.45) is -4.42. The van der Waals surface area contributed by atoms with Crippen LogP contribution in [-0.4, -0.2) is 45.0 Å². The number of nitrogens with zero attached hydrogens (tertiary/aromatic N) is 3. The Balaban J connectivity index is 2.96. The number of amides is 1. The van der Waals surface area contributed by atoms with Crippen LogP contribution in [0.15, 0.2) is 0 Å². The molecule has 0 aromatic carbocycles. The molecule has 1 aromatic rings. The molecule has 0 saturated heterocycles. The molecule has 108 valence electrons. The standard InChI is InChI=1S/C10H13BrF3N3OS/c1-6(2)7-8(19-16-15-7)9(18)17(4-3-11)5-10(12,13)14/h6H,3-5H2,1-2H3. The number of halogens is 4. The van der Waals surface area contributed by atoms with Gasteiger partial charge in [-0.15, -0.1) is 5.10 Å². The zero-order chi connectivity index (χ0) is 14.6. The van der Waals surface area contributed by atoms with Gasteiger partial charge in [0.05, 0.1) is 5.69 Å². The molecule has 0 fully saturated rings. The molecular weight excluding hydrogens is 347 g/mol. The summed E-state index contributed by atoms with van der Waals surface area (Å²) >= 11 is 3.88. The van der Waals surface area contributed by atoms with Crippen LogP contribution in [0.25, 0.3) is 0 Å². The van der Waals surface area contributed by atoms with E-state index in [0.717, 1.165) is 16.4 Å². The maximum absolute atomic E-state index is 12.5. The van der Waals surface area contributed by atoms with Crippen molar-refractivity contribution in [2.45, 2.75) is 25.9 Å². The first kappa shape index (κ1) is 16.4. The molecule has 0 bridgehead atoms. The van der Waals surface area contributed by atoms with Gasteiger partial charge >= 0.3 is 6.18 Å². The molecule has 9 heteroatoms. The van der Waals surface area contributed by atoms with Gasteiger partial charge in [0, 0.05) is 11.9 Å². The second-order valence-corrected chi connectivity index (χ2v) is 5.72. The largest absolute Gasteiger partial charge is 0.406 e. The van der Waals surface area contributed by atoms with Gasteiger partial charge in [0.1, 0.15) is 11.4 Å². The zero-order valence-electron chi connectivity index (χ0n) is 10.4. The summed E-state index contributed by atoms with van der Waals surface area (Å²) in [5, 5.41) is 4.08. The van der Waals surface area contributed by atoms with E-state index in [4.69, 9.17) is 0 Å². The summed E-state index contributed by atoms with van der Waals surface area (Å²) in [5.41, 5.74) is 0.441. The van der Waals surface area contributed by atoms with Crippen LogP contribution in [0.5, 0.6) is 0 Å². The summed E-state index contributed by atoms with van der Waals surface area (Å²) < 4.78 is 41.0. The average Bonchev–Trinajstić information content (AvgIpc) is 2.74. The van der Waals surface area contributed by atoms with E-state index < -0.39 is 18.6 Å². The molecule has 0 radical (unpaired) electrons. The van der Waals surface area contributed by atoms with Gasteiger partial charge in [-0.3, -0.25) is 4.79 Å². The summed E-state index contributed by atoms with van der Waals surface area (Å²) in [6.45, 7) is 2.33. The molecule has 0 aliphatic carbocycles. The van der Waals surface area contributed by atoms with E-state index in [1.54, 1.807) is 0 Å². The Morgan fingerprint density at radius 3 is 2.58 bits per heavy atom. The summed E-state index contributed by atoms with van der Waals surface area (Å²) in [4.78, 5) is 13.1. The lowest BCUT2D eigenvalue weighted by Gasteiger charge is -2.22. The Bertz CT molecular complexity index is 436. The highest BCUT2D eigenvalue weighted by atomic mass is 79.9. The van der Waals surface area contributed by atoms with E-state index in [-0.39, 0.29) is 22.7 Å². The molecule has 0 atom stereocenters. The number of alkyl halides is 4. The number of aromatic nitrogens is 2. The van der Waals surface area contributed by atoms with Crippen LogP contribution in [0.4, 0.5) is 13.2 Å². The zero-order valence-corrected chi connectivity index (χ0v) is 12.8. The molecule has 0 spiro atoms. The van der Waals surface area contributed by atoms with E-state index in [1.165, 1.54) is 0 Å². The molecule has 0 saturated carbocycles. The van der Waals surface area contributed by atoms with Crippen molar-refractivity contribution in [2.24, 2.45) is 0 Å². The first-order chi connectivity index (χ1) is 8.76. The van der Waals surface area contributed by atoms with Crippen LogP contribution in [0, 0.1) is 0 Å².